The molecular weight excluding hydrogens is 135 g/mol. The smallest absolute Gasteiger partial charge is 0.528 e. The summed E-state index contributed by atoms with van der Waals surface area (Å²) in [6.07, 6.45) is 0.278. The molecule has 0 aromatic rings. The van der Waals surface area contributed by atoms with Crippen molar-refractivity contribution in [2.75, 3.05) is 0 Å². The molecule has 6 heteroatoms. The summed E-state index contributed by atoms with van der Waals surface area (Å²) in [5.41, 5.74) is 2.41. The summed E-state index contributed by atoms with van der Waals surface area (Å²) < 4.78 is 0.889. The maximum atomic E-state index is 9.89. The molecule has 0 atom stereocenters. The van der Waals surface area contributed by atoms with Crippen LogP contribution in [0.15, 0.2) is 11.6 Å². The van der Waals surface area contributed by atoms with Crippen LogP contribution in [0.2, 0.25) is 0 Å². The van der Waals surface area contributed by atoms with Crippen molar-refractivity contribution >= 4 is 18.0 Å². The first-order valence-corrected chi connectivity index (χ1v) is 2.73. The van der Waals surface area contributed by atoms with Gasteiger partial charge in [0.1, 0.15) is 0 Å². The fourth-order valence-electron chi connectivity index (χ4n) is 0.316. The third kappa shape index (κ3) is 2.22. The molecule has 0 saturated carbocycles. The molecule has 0 saturated heterocycles. The summed E-state index contributed by atoms with van der Waals surface area (Å²) >= 11 is 1.03. The van der Waals surface area contributed by atoms with Gasteiger partial charge in [0.15, 0.2) is 6.09 Å². The first-order valence-electron chi connectivity index (χ1n) is 1.90. The molecule has 0 bridgehead atoms. The van der Waals surface area contributed by atoms with E-state index in [2.05, 4.69) is 5.43 Å². The number of nitrogens with zero attached hydrogens (tertiary/aromatic N) is 1. The summed E-state index contributed by atoms with van der Waals surface area (Å²) in [6, 6.07) is 0. The van der Waals surface area contributed by atoms with E-state index in [1.54, 1.807) is 5.41 Å². The monoisotopic (exact) mass is 138 g/mol. The molecule has 0 radical (unpaired) electrons. The van der Waals surface area contributed by atoms with Crippen LogP contribution in [0.4, 0.5) is 4.79 Å². The zero-order valence-corrected chi connectivity index (χ0v) is 5.64. The Balaban J connectivity index is 0.000000640. The second-order valence-corrected chi connectivity index (χ2v) is 1.95. The fourth-order valence-corrected chi connectivity index (χ4v) is 0.767. The molecule has 0 aromatic carbocycles. The quantitative estimate of drug-likeness (QED) is 0.276. The number of hydrogen-bond donors (Lipinski definition) is 1. The van der Waals surface area contributed by atoms with E-state index in [9.17, 15) is 9.90 Å². The average molecular weight is 138 g/mol. The minimum absolute atomic E-state index is 0. The molecule has 4 nitrogen and oxygen atoms in total. The summed E-state index contributed by atoms with van der Waals surface area (Å²) in [4.78, 5) is 9.89. The number of hydrazine groups is 1. The minimum atomic E-state index is -1.24. The van der Waals surface area contributed by atoms with Crippen LogP contribution in [0.5, 0.6) is 0 Å². The molecule has 0 spiro atoms. The van der Waals surface area contributed by atoms with Crippen molar-refractivity contribution in [3.05, 3.63) is 11.6 Å². The number of carboxylic acid groups (broad SMARTS) is 1. The topological polar surface area (TPSA) is 55.4 Å². The van der Waals surface area contributed by atoms with Gasteiger partial charge in [-0.15, -0.1) is 0 Å². The molecular formula is C3H3LiN2O2S. The Morgan fingerprint density at radius 2 is 2.44 bits per heavy atom. The van der Waals surface area contributed by atoms with Crippen molar-refractivity contribution < 1.29 is 28.8 Å². The first-order chi connectivity index (χ1) is 3.80. The standard InChI is InChI=1S/C3H4N2O2S.Li/c6-3(7)5-4-1-2-8-5;/h1-2,4H,(H,6,7);/q;+1/p-1. The van der Waals surface area contributed by atoms with Crippen molar-refractivity contribution in [2.24, 2.45) is 0 Å². The van der Waals surface area contributed by atoms with Crippen molar-refractivity contribution in [1.29, 1.82) is 0 Å². The third-order valence-electron chi connectivity index (χ3n) is 0.592. The largest absolute Gasteiger partial charge is 1.00 e. The Kier molecular flexibility index (Phi) is 3.62. The van der Waals surface area contributed by atoms with Crippen LogP contribution >= 0.6 is 11.9 Å². The van der Waals surface area contributed by atoms with Crippen molar-refractivity contribution in [1.82, 2.24) is 9.84 Å². The van der Waals surface area contributed by atoms with Gasteiger partial charge < -0.3 is 9.90 Å². The average Bonchev–Trinajstić information content (AvgIpc) is 2.12. The van der Waals surface area contributed by atoms with Crippen LogP contribution in [-0.2, 0) is 0 Å². The predicted octanol–water partition coefficient (Wildman–Crippen LogP) is -3.73. The predicted molar refractivity (Wildman–Crippen MR) is 27.1 cm³/mol. The zero-order chi connectivity index (χ0) is 5.98. The summed E-state index contributed by atoms with van der Waals surface area (Å²) in [6.45, 7) is 0. The normalized spacial score (nSPS) is 14.4. The molecule has 1 aliphatic rings. The molecule has 9 heavy (non-hydrogen) atoms. The maximum Gasteiger partial charge on any atom is 1.00 e. The van der Waals surface area contributed by atoms with E-state index in [4.69, 9.17) is 0 Å². The van der Waals surface area contributed by atoms with E-state index in [-0.39, 0.29) is 18.9 Å². The van der Waals surface area contributed by atoms with Gasteiger partial charge in [-0.05, 0) is 0 Å². The number of carbonyl (C=O) groups excluding carboxylic acids is 1. The van der Waals surface area contributed by atoms with Crippen molar-refractivity contribution in [3.8, 4) is 0 Å². The molecule has 1 rings (SSSR count). The van der Waals surface area contributed by atoms with Gasteiger partial charge in [-0.1, -0.05) is 0 Å². The van der Waals surface area contributed by atoms with E-state index in [0.29, 0.717) is 0 Å². The van der Waals surface area contributed by atoms with Crippen molar-refractivity contribution in [2.45, 2.75) is 0 Å². The molecule has 1 aliphatic heterocycles. The van der Waals surface area contributed by atoms with Crippen LogP contribution in [0.1, 0.15) is 0 Å². The van der Waals surface area contributed by atoms with Crippen LogP contribution in [0.3, 0.4) is 0 Å². The van der Waals surface area contributed by atoms with E-state index in [1.165, 1.54) is 6.20 Å². The Hall–Kier alpha value is -0.243. The molecule has 0 aliphatic carbocycles. The van der Waals surface area contributed by atoms with Crippen LogP contribution < -0.4 is 29.4 Å². The van der Waals surface area contributed by atoms with Crippen LogP contribution in [0.25, 0.3) is 0 Å². The fraction of sp³-hybridized carbons (Fsp3) is 0. The number of nitrogens with one attached hydrogen (secondary N) is 1. The molecule has 0 unspecified atom stereocenters. The summed E-state index contributed by atoms with van der Waals surface area (Å²) in [5.74, 6) is 0. The van der Waals surface area contributed by atoms with Gasteiger partial charge >= 0.3 is 18.9 Å². The van der Waals surface area contributed by atoms with E-state index < -0.39 is 6.09 Å². The molecule has 1 heterocycles. The SMILES string of the molecule is O=C([O-])N1NC=CS1.[Li+]. The summed E-state index contributed by atoms with van der Waals surface area (Å²) in [5, 5.41) is 11.5. The third-order valence-corrected chi connectivity index (χ3v) is 1.32. The molecule has 0 aromatic heterocycles. The second-order valence-electron chi connectivity index (χ2n) is 1.10. The number of hydrogen-bond acceptors (Lipinski definition) is 4. The Labute approximate surface area is 68.6 Å². The Morgan fingerprint density at radius 1 is 1.78 bits per heavy atom. The van der Waals surface area contributed by atoms with Gasteiger partial charge in [0, 0.05) is 23.6 Å². The van der Waals surface area contributed by atoms with Crippen LogP contribution in [0, 0.1) is 0 Å². The second kappa shape index (κ2) is 3.72. The maximum absolute atomic E-state index is 9.89. The van der Waals surface area contributed by atoms with Crippen molar-refractivity contribution in [3.63, 3.8) is 0 Å². The van der Waals surface area contributed by atoms with Gasteiger partial charge in [0.25, 0.3) is 0 Å². The molecule has 1 amide bonds. The van der Waals surface area contributed by atoms with Gasteiger partial charge in [-0.25, -0.2) is 4.41 Å². The van der Waals surface area contributed by atoms with Gasteiger partial charge in [-0.2, -0.15) is 0 Å². The van der Waals surface area contributed by atoms with Gasteiger partial charge in [0.05, 0.1) is 0 Å². The zero-order valence-electron chi connectivity index (χ0n) is 4.83. The Morgan fingerprint density at radius 3 is 2.67 bits per heavy atom. The van der Waals surface area contributed by atoms with E-state index >= 15 is 0 Å². The number of amides is 1. The molecule has 44 valence electrons. The number of carbonyl (C=O) groups is 1. The minimum Gasteiger partial charge on any atom is -0.528 e. The van der Waals surface area contributed by atoms with Crippen LogP contribution in [-0.4, -0.2) is 10.5 Å². The van der Waals surface area contributed by atoms with E-state index in [1.807, 2.05) is 0 Å². The summed E-state index contributed by atoms with van der Waals surface area (Å²) in [7, 11) is 0. The first kappa shape index (κ1) is 8.76. The van der Waals surface area contributed by atoms with E-state index in [0.717, 1.165) is 16.4 Å². The molecule has 1 N–H and O–H groups in total. The Bertz CT molecular complexity index is 132. The van der Waals surface area contributed by atoms with Gasteiger partial charge in [-0.3, -0.25) is 5.43 Å². The molecule has 0 fully saturated rings. The van der Waals surface area contributed by atoms with Gasteiger partial charge in [0.2, 0.25) is 0 Å². The number of rotatable bonds is 0.